The Bertz CT molecular complexity index is 461. The third kappa shape index (κ3) is 2.41. The summed E-state index contributed by atoms with van der Waals surface area (Å²) in [6, 6.07) is 2.76. The van der Waals surface area contributed by atoms with Crippen LogP contribution >= 0.6 is 0 Å². The van der Waals surface area contributed by atoms with Crippen molar-refractivity contribution >= 4 is 11.7 Å². The number of hydrogen-bond donors (Lipinski definition) is 0. The summed E-state index contributed by atoms with van der Waals surface area (Å²) in [5.74, 6) is -0.468. The molecule has 0 amide bonds. The maximum Gasteiger partial charge on any atom is 0.309 e. The van der Waals surface area contributed by atoms with Crippen molar-refractivity contribution in [3.8, 4) is 0 Å². The first-order valence-electron chi connectivity index (χ1n) is 5.40. The van der Waals surface area contributed by atoms with Crippen molar-refractivity contribution in [3.05, 3.63) is 34.1 Å². The number of ether oxygens (including phenoxy) is 1. The number of aromatic nitrogens is 1. The van der Waals surface area contributed by atoms with E-state index in [0.29, 0.717) is 18.7 Å². The van der Waals surface area contributed by atoms with Crippen LogP contribution in [0.1, 0.15) is 25.0 Å². The predicted molar refractivity (Wildman–Crippen MR) is 58.4 cm³/mol. The van der Waals surface area contributed by atoms with Crippen LogP contribution in [0.3, 0.4) is 0 Å². The van der Waals surface area contributed by atoms with Crippen LogP contribution in [0.5, 0.6) is 0 Å². The van der Waals surface area contributed by atoms with Crippen LogP contribution in [-0.4, -0.2) is 22.5 Å². The van der Waals surface area contributed by atoms with E-state index < -0.39 is 4.92 Å². The van der Waals surface area contributed by atoms with Crippen LogP contribution in [0.25, 0.3) is 0 Å². The summed E-state index contributed by atoms with van der Waals surface area (Å²) >= 11 is 0. The molecule has 2 atom stereocenters. The minimum Gasteiger partial charge on any atom is -0.466 e. The molecule has 2 unspecified atom stereocenters. The molecule has 1 fully saturated rings. The summed E-state index contributed by atoms with van der Waals surface area (Å²) in [7, 11) is 0. The van der Waals surface area contributed by atoms with Crippen LogP contribution in [0, 0.1) is 16.0 Å². The van der Waals surface area contributed by atoms with Crippen LogP contribution in [0.2, 0.25) is 0 Å². The van der Waals surface area contributed by atoms with E-state index in [1.165, 1.54) is 18.3 Å². The highest BCUT2D eigenvalue weighted by molar-refractivity contribution is 5.77. The number of carbonyl (C=O) groups excluding carboxylic acids is 1. The summed E-state index contributed by atoms with van der Waals surface area (Å²) in [5, 5.41) is 10.6. The Labute approximate surface area is 97.8 Å². The molecule has 0 spiro atoms. The minimum absolute atomic E-state index is 0.00417. The first kappa shape index (κ1) is 11.5. The molecular formula is C11H12N2O4. The fourth-order valence-electron chi connectivity index (χ4n) is 1.78. The van der Waals surface area contributed by atoms with Crippen LogP contribution < -0.4 is 0 Å². The van der Waals surface area contributed by atoms with Crippen molar-refractivity contribution in [2.24, 2.45) is 5.92 Å². The number of nitro groups is 1. The molecule has 0 aromatic carbocycles. The molecule has 1 aliphatic carbocycles. The highest BCUT2D eigenvalue weighted by Crippen LogP contribution is 2.47. The molecule has 0 saturated heterocycles. The Hall–Kier alpha value is -1.98. The molecule has 1 aliphatic rings. The van der Waals surface area contributed by atoms with E-state index in [9.17, 15) is 14.9 Å². The summed E-state index contributed by atoms with van der Waals surface area (Å²) in [6.07, 6.45) is 2.06. The molecule has 1 heterocycles. The average Bonchev–Trinajstić information content (AvgIpc) is 3.09. The van der Waals surface area contributed by atoms with E-state index in [-0.39, 0.29) is 23.5 Å². The summed E-state index contributed by atoms with van der Waals surface area (Å²) < 4.78 is 4.89. The van der Waals surface area contributed by atoms with Crippen molar-refractivity contribution in [3.63, 3.8) is 0 Å². The average molecular weight is 236 g/mol. The molecule has 6 nitrogen and oxygen atoms in total. The zero-order valence-corrected chi connectivity index (χ0v) is 9.33. The zero-order valence-electron chi connectivity index (χ0n) is 9.33. The van der Waals surface area contributed by atoms with E-state index in [4.69, 9.17) is 4.74 Å². The Morgan fingerprint density at radius 1 is 1.71 bits per heavy atom. The molecule has 0 aliphatic heterocycles. The normalized spacial score (nSPS) is 21.9. The number of rotatable bonds is 4. The van der Waals surface area contributed by atoms with Gasteiger partial charge in [0.1, 0.15) is 0 Å². The Balaban J connectivity index is 2.08. The molecule has 1 saturated carbocycles. The van der Waals surface area contributed by atoms with Gasteiger partial charge in [-0.1, -0.05) is 0 Å². The number of esters is 1. The van der Waals surface area contributed by atoms with Gasteiger partial charge in [0.2, 0.25) is 0 Å². The van der Waals surface area contributed by atoms with Gasteiger partial charge in [-0.05, 0) is 13.3 Å². The maximum atomic E-state index is 11.4. The van der Waals surface area contributed by atoms with Gasteiger partial charge in [0.05, 0.1) is 23.1 Å². The molecular weight excluding hydrogens is 224 g/mol. The van der Waals surface area contributed by atoms with Gasteiger partial charge in [0.15, 0.2) is 0 Å². The van der Waals surface area contributed by atoms with Gasteiger partial charge in [-0.3, -0.25) is 19.9 Å². The lowest BCUT2D eigenvalue weighted by Crippen LogP contribution is -2.07. The molecule has 6 heteroatoms. The highest BCUT2D eigenvalue weighted by Gasteiger charge is 2.46. The number of carbonyl (C=O) groups is 1. The monoisotopic (exact) mass is 236 g/mol. The molecule has 1 aromatic rings. The third-order valence-corrected chi connectivity index (χ3v) is 2.74. The second kappa shape index (κ2) is 4.48. The summed E-state index contributed by atoms with van der Waals surface area (Å²) in [5.41, 5.74) is 0.599. The lowest BCUT2D eigenvalue weighted by atomic mass is 10.2. The van der Waals surface area contributed by atoms with Crippen molar-refractivity contribution in [1.29, 1.82) is 0 Å². The lowest BCUT2D eigenvalue weighted by molar-refractivity contribution is -0.385. The van der Waals surface area contributed by atoms with E-state index in [1.54, 1.807) is 6.92 Å². The second-order valence-corrected chi connectivity index (χ2v) is 3.90. The van der Waals surface area contributed by atoms with E-state index in [1.807, 2.05) is 0 Å². The molecule has 1 aromatic heterocycles. The smallest absolute Gasteiger partial charge is 0.309 e. The molecule has 0 radical (unpaired) electrons. The first-order valence-corrected chi connectivity index (χ1v) is 5.40. The van der Waals surface area contributed by atoms with Gasteiger partial charge >= 0.3 is 5.97 Å². The first-order chi connectivity index (χ1) is 8.13. The topological polar surface area (TPSA) is 82.3 Å². The Kier molecular flexibility index (Phi) is 3.03. The fraction of sp³-hybridized carbons (Fsp3) is 0.455. The van der Waals surface area contributed by atoms with E-state index >= 15 is 0 Å². The van der Waals surface area contributed by atoms with Gasteiger partial charge in [-0.15, -0.1) is 0 Å². The van der Waals surface area contributed by atoms with E-state index in [2.05, 4.69) is 4.98 Å². The van der Waals surface area contributed by atoms with E-state index in [0.717, 1.165) is 0 Å². The summed E-state index contributed by atoms with van der Waals surface area (Å²) in [4.78, 5) is 25.6. The van der Waals surface area contributed by atoms with Crippen LogP contribution in [0.4, 0.5) is 5.69 Å². The van der Waals surface area contributed by atoms with Gasteiger partial charge in [-0.25, -0.2) is 0 Å². The van der Waals surface area contributed by atoms with Crippen molar-refractivity contribution in [1.82, 2.24) is 4.98 Å². The molecule has 17 heavy (non-hydrogen) atoms. The minimum atomic E-state index is -0.465. The van der Waals surface area contributed by atoms with Gasteiger partial charge in [-0.2, -0.15) is 0 Å². The maximum absolute atomic E-state index is 11.4. The molecule has 2 rings (SSSR count). The molecule has 90 valence electrons. The Morgan fingerprint density at radius 2 is 2.47 bits per heavy atom. The van der Waals surface area contributed by atoms with Crippen LogP contribution in [0.15, 0.2) is 18.3 Å². The fourth-order valence-corrected chi connectivity index (χ4v) is 1.78. The van der Waals surface area contributed by atoms with Gasteiger partial charge < -0.3 is 4.74 Å². The van der Waals surface area contributed by atoms with Crippen molar-refractivity contribution in [2.75, 3.05) is 6.61 Å². The number of pyridine rings is 1. The zero-order chi connectivity index (χ0) is 12.4. The highest BCUT2D eigenvalue weighted by atomic mass is 16.6. The van der Waals surface area contributed by atoms with Gasteiger partial charge in [0, 0.05) is 24.2 Å². The number of hydrogen-bond acceptors (Lipinski definition) is 5. The third-order valence-electron chi connectivity index (χ3n) is 2.74. The predicted octanol–water partition coefficient (Wildman–Crippen LogP) is 1.66. The summed E-state index contributed by atoms with van der Waals surface area (Å²) in [6.45, 7) is 2.10. The second-order valence-electron chi connectivity index (χ2n) is 3.90. The lowest BCUT2D eigenvalue weighted by Gasteiger charge is -2.00. The molecule has 0 N–H and O–H groups in total. The van der Waals surface area contributed by atoms with Crippen molar-refractivity contribution in [2.45, 2.75) is 19.3 Å². The SMILES string of the molecule is CCOC(=O)C1CC1c1cc([N+](=O)[O-])ccn1. The number of nitrogens with zero attached hydrogens (tertiary/aromatic N) is 2. The Morgan fingerprint density at radius 3 is 3.12 bits per heavy atom. The van der Waals surface area contributed by atoms with Crippen molar-refractivity contribution < 1.29 is 14.5 Å². The largest absolute Gasteiger partial charge is 0.466 e. The standard InChI is InChI=1S/C11H12N2O4/c1-2-17-11(14)9-6-8(9)10-5-7(13(15)16)3-4-12-10/h3-5,8-9H,2,6H2,1H3. The van der Waals surface area contributed by atoms with Gasteiger partial charge in [0.25, 0.3) is 5.69 Å². The molecule has 0 bridgehead atoms. The van der Waals surface area contributed by atoms with Crippen LogP contribution in [-0.2, 0) is 9.53 Å². The quantitative estimate of drug-likeness (QED) is 0.451.